The Hall–Kier alpha value is -2.20. The van der Waals surface area contributed by atoms with Gasteiger partial charge in [0, 0.05) is 18.3 Å². The van der Waals surface area contributed by atoms with Crippen LogP contribution >= 0.6 is 0 Å². The van der Waals surface area contributed by atoms with E-state index >= 15 is 0 Å². The molecule has 0 aliphatic carbocycles. The second-order valence-corrected chi connectivity index (χ2v) is 4.30. The van der Waals surface area contributed by atoms with Gasteiger partial charge in [-0.2, -0.15) is 0 Å². The first-order chi connectivity index (χ1) is 8.78. The van der Waals surface area contributed by atoms with Crippen LogP contribution in [0.15, 0.2) is 36.5 Å². The minimum Gasteiger partial charge on any atom is -0.338 e. The zero-order chi connectivity index (χ0) is 12.5. The molecule has 0 unspecified atom stereocenters. The molecule has 3 N–H and O–H groups in total. The molecule has 4 nitrogen and oxygen atoms in total. The number of nitrogens with two attached hydrogens (primary N) is 1. The number of imidazole rings is 1. The van der Waals surface area contributed by atoms with E-state index in [-0.39, 0.29) is 0 Å². The smallest absolute Gasteiger partial charge is 0.138 e. The standard InChI is InChI=1S/C14H14N4/c1-9-3-2-4-12-13(9)18-14(17-12)10-5-6-16-11(7-10)8-15/h2-7H,8,15H2,1H3,(H,17,18). The largest absolute Gasteiger partial charge is 0.338 e. The topological polar surface area (TPSA) is 67.6 Å². The van der Waals surface area contributed by atoms with Crippen molar-refractivity contribution in [3.63, 3.8) is 0 Å². The quantitative estimate of drug-likeness (QED) is 0.720. The highest BCUT2D eigenvalue weighted by Gasteiger charge is 2.07. The van der Waals surface area contributed by atoms with Crippen LogP contribution in [0.1, 0.15) is 11.3 Å². The van der Waals surface area contributed by atoms with E-state index in [0.717, 1.165) is 28.1 Å². The first-order valence-corrected chi connectivity index (χ1v) is 5.88. The monoisotopic (exact) mass is 238 g/mol. The number of fused-ring (bicyclic) bond motifs is 1. The van der Waals surface area contributed by atoms with Gasteiger partial charge < -0.3 is 10.7 Å². The number of aryl methyl sites for hydroxylation is 1. The maximum Gasteiger partial charge on any atom is 0.138 e. The lowest BCUT2D eigenvalue weighted by Gasteiger charge is -1.99. The molecule has 4 heteroatoms. The first kappa shape index (κ1) is 10.9. The van der Waals surface area contributed by atoms with Crippen LogP contribution in [0.3, 0.4) is 0 Å². The zero-order valence-electron chi connectivity index (χ0n) is 10.1. The van der Waals surface area contributed by atoms with Crippen LogP contribution in [-0.2, 0) is 6.54 Å². The van der Waals surface area contributed by atoms with Crippen LogP contribution in [0.2, 0.25) is 0 Å². The number of H-pyrrole nitrogens is 1. The van der Waals surface area contributed by atoms with E-state index in [9.17, 15) is 0 Å². The average Bonchev–Trinajstić information content (AvgIpc) is 2.84. The van der Waals surface area contributed by atoms with Gasteiger partial charge in [0.2, 0.25) is 0 Å². The molecule has 18 heavy (non-hydrogen) atoms. The summed E-state index contributed by atoms with van der Waals surface area (Å²) in [6, 6.07) is 10.0. The second-order valence-electron chi connectivity index (χ2n) is 4.30. The molecule has 0 amide bonds. The third-order valence-electron chi connectivity index (χ3n) is 3.01. The number of hydrogen-bond donors (Lipinski definition) is 2. The fourth-order valence-electron chi connectivity index (χ4n) is 2.05. The molecule has 0 fully saturated rings. The molecule has 0 spiro atoms. The van der Waals surface area contributed by atoms with Gasteiger partial charge in [-0.25, -0.2) is 4.98 Å². The van der Waals surface area contributed by atoms with Crippen molar-refractivity contribution in [3.8, 4) is 11.4 Å². The van der Waals surface area contributed by atoms with Crippen molar-refractivity contribution < 1.29 is 0 Å². The summed E-state index contributed by atoms with van der Waals surface area (Å²) in [5.41, 5.74) is 10.7. The van der Waals surface area contributed by atoms with Crippen LogP contribution in [0.25, 0.3) is 22.4 Å². The molecule has 0 atom stereocenters. The lowest BCUT2D eigenvalue weighted by Crippen LogP contribution is -1.99. The van der Waals surface area contributed by atoms with Crippen LogP contribution in [-0.4, -0.2) is 15.0 Å². The van der Waals surface area contributed by atoms with Crippen molar-refractivity contribution >= 4 is 11.0 Å². The summed E-state index contributed by atoms with van der Waals surface area (Å²) in [7, 11) is 0. The van der Waals surface area contributed by atoms with E-state index < -0.39 is 0 Å². The molecule has 0 saturated carbocycles. The number of rotatable bonds is 2. The van der Waals surface area contributed by atoms with Gasteiger partial charge in [0.05, 0.1) is 16.7 Å². The van der Waals surface area contributed by atoms with Gasteiger partial charge in [0.25, 0.3) is 0 Å². The second kappa shape index (κ2) is 4.23. The normalized spacial score (nSPS) is 11.0. The van der Waals surface area contributed by atoms with Crippen molar-refractivity contribution in [2.75, 3.05) is 0 Å². The van der Waals surface area contributed by atoms with Gasteiger partial charge in [-0.1, -0.05) is 12.1 Å². The number of pyridine rings is 1. The maximum atomic E-state index is 5.60. The summed E-state index contributed by atoms with van der Waals surface area (Å²) in [5.74, 6) is 0.858. The molecular weight excluding hydrogens is 224 g/mol. The lowest BCUT2D eigenvalue weighted by molar-refractivity contribution is 0.990. The average molecular weight is 238 g/mol. The van der Waals surface area contributed by atoms with E-state index in [1.807, 2.05) is 24.3 Å². The highest BCUT2D eigenvalue weighted by Crippen LogP contribution is 2.22. The Labute approximate surface area is 105 Å². The van der Waals surface area contributed by atoms with Crippen molar-refractivity contribution in [2.24, 2.45) is 5.73 Å². The summed E-state index contributed by atoms with van der Waals surface area (Å²) in [6.45, 7) is 2.50. The number of aromatic nitrogens is 3. The van der Waals surface area contributed by atoms with Crippen LogP contribution in [0, 0.1) is 6.92 Å². The summed E-state index contributed by atoms with van der Waals surface area (Å²) in [5, 5.41) is 0. The Kier molecular flexibility index (Phi) is 2.57. The van der Waals surface area contributed by atoms with Gasteiger partial charge in [-0.15, -0.1) is 0 Å². The molecule has 90 valence electrons. The molecule has 0 aliphatic heterocycles. The van der Waals surface area contributed by atoms with E-state index in [4.69, 9.17) is 5.73 Å². The van der Waals surface area contributed by atoms with E-state index in [1.165, 1.54) is 5.56 Å². The molecular formula is C14H14N4. The van der Waals surface area contributed by atoms with Crippen LogP contribution in [0.4, 0.5) is 0 Å². The summed E-state index contributed by atoms with van der Waals surface area (Å²) < 4.78 is 0. The van der Waals surface area contributed by atoms with E-state index in [0.29, 0.717) is 6.54 Å². The highest BCUT2D eigenvalue weighted by molar-refractivity contribution is 5.82. The van der Waals surface area contributed by atoms with Gasteiger partial charge >= 0.3 is 0 Å². The number of benzene rings is 1. The number of hydrogen-bond acceptors (Lipinski definition) is 3. The SMILES string of the molecule is Cc1cccc2[nH]c(-c3ccnc(CN)c3)nc12. The molecule has 0 saturated heterocycles. The van der Waals surface area contributed by atoms with Gasteiger partial charge in [0.1, 0.15) is 5.82 Å². The van der Waals surface area contributed by atoms with Gasteiger partial charge in [-0.05, 0) is 30.7 Å². The van der Waals surface area contributed by atoms with E-state index in [2.05, 4.69) is 27.9 Å². The number of aromatic amines is 1. The molecule has 3 rings (SSSR count). The predicted molar refractivity (Wildman–Crippen MR) is 72.0 cm³/mol. The minimum absolute atomic E-state index is 0.438. The third kappa shape index (κ3) is 1.76. The highest BCUT2D eigenvalue weighted by atomic mass is 14.9. The molecule has 0 radical (unpaired) electrons. The number of nitrogens with one attached hydrogen (secondary N) is 1. The molecule has 2 aromatic heterocycles. The maximum absolute atomic E-state index is 5.60. The van der Waals surface area contributed by atoms with Crippen molar-refractivity contribution in [3.05, 3.63) is 47.8 Å². The molecule has 0 bridgehead atoms. The fraction of sp³-hybridized carbons (Fsp3) is 0.143. The Morgan fingerprint density at radius 3 is 2.94 bits per heavy atom. The molecule has 1 aromatic carbocycles. The van der Waals surface area contributed by atoms with E-state index in [1.54, 1.807) is 6.20 Å². The summed E-state index contributed by atoms with van der Waals surface area (Å²) in [6.07, 6.45) is 1.76. The Morgan fingerprint density at radius 2 is 2.17 bits per heavy atom. The summed E-state index contributed by atoms with van der Waals surface area (Å²) >= 11 is 0. The van der Waals surface area contributed by atoms with Crippen molar-refractivity contribution in [2.45, 2.75) is 13.5 Å². The lowest BCUT2D eigenvalue weighted by atomic mass is 10.2. The third-order valence-corrected chi connectivity index (χ3v) is 3.01. The van der Waals surface area contributed by atoms with Crippen molar-refractivity contribution in [1.29, 1.82) is 0 Å². The Morgan fingerprint density at radius 1 is 1.28 bits per heavy atom. The molecule has 3 aromatic rings. The van der Waals surface area contributed by atoms with Gasteiger partial charge in [0.15, 0.2) is 0 Å². The minimum atomic E-state index is 0.438. The Balaban J connectivity index is 2.16. The predicted octanol–water partition coefficient (Wildman–Crippen LogP) is 2.39. The molecule has 0 aliphatic rings. The first-order valence-electron chi connectivity index (χ1n) is 5.88. The van der Waals surface area contributed by atoms with Crippen molar-refractivity contribution in [1.82, 2.24) is 15.0 Å². The number of para-hydroxylation sites is 1. The zero-order valence-corrected chi connectivity index (χ0v) is 10.1. The number of nitrogens with zero attached hydrogens (tertiary/aromatic N) is 2. The van der Waals surface area contributed by atoms with Gasteiger partial charge in [-0.3, -0.25) is 4.98 Å². The van der Waals surface area contributed by atoms with Crippen LogP contribution in [0.5, 0.6) is 0 Å². The van der Waals surface area contributed by atoms with Crippen LogP contribution < -0.4 is 5.73 Å². The summed E-state index contributed by atoms with van der Waals surface area (Å²) in [4.78, 5) is 12.1. The Bertz CT molecular complexity index is 700. The fourth-order valence-corrected chi connectivity index (χ4v) is 2.05. The molecule has 2 heterocycles.